The highest BCUT2D eigenvalue weighted by atomic mass is 16.4. The number of nitrogens with two attached hydrogens (primary N) is 1. The van der Waals surface area contributed by atoms with Gasteiger partial charge in [-0.15, -0.1) is 0 Å². The molecule has 1 heterocycles. The first-order valence-electron chi connectivity index (χ1n) is 4.92. The number of anilines is 1. The second kappa shape index (κ2) is 6.02. The van der Waals surface area contributed by atoms with Crippen LogP contribution in [0.4, 0.5) is 5.95 Å². The van der Waals surface area contributed by atoms with Crippen LogP contribution < -0.4 is 11.1 Å². The molecule has 84 valence electrons. The Morgan fingerprint density at radius 3 is 3.07 bits per heavy atom. The van der Waals surface area contributed by atoms with Gasteiger partial charge >= 0.3 is 5.97 Å². The van der Waals surface area contributed by atoms with Crippen molar-refractivity contribution in [2.75, 3.05) is 11.9 Å². The van der Waals surface area contributed by atoms with Gasteiger partial charge in [0.1, 0.15) is 6.04 Å². The second-order valence-corrected chi connectivity index (χ2v) is 3.31. The zero-order valence-electron chi connectivity index (χ0n) is 8.44. The molecular formula is C9H16N4O2. The average molecular weight is 212 g/mol. The lowest BCUT2D eigenvalue weighted by atomic mass is 10.1. The number of carbonyl (C=O) groups is 1. The van der Waals surface area contributed by atoms with Gasteiger partial charge in [0.15, 0.2) is 5.95 Å². The number of unbranched alkanes of at least 4 members (excludes halogenated alkanes) is 1. The second-order valence-electron chi connectivity index (χ2n) is 3.31. The van der Waals surface area contributed by atoms with E-state index in [0.717, 1.165) is 25.3 Å². The summed E-state index contributed by atoms with van der Waals surface area (Å²) in [6.07, 6.45) is 5.59. The molecule has 6 heteroatoms. The predicted octanol–water partition coefficient (Wildman–Crippen LogP) is 0.404. The molecule has 0 aromatic carbocycles. The van der Waals surface area contributed by atoms with Crippen LogP contribution in [0.3, 0.4) is 0 Å². The molecular weight excluding hydrogens is 196 g/mol. The molecule has 0 bridgehead atoms. The van der Waals surface area contributed by atoms with Crippen molar-refractivity contribution in [3.8, 4) is 0 Å². The zero-order valence-corrected chi connectivity index (χ0v) is 8.44. The van der Waals surface area contributed by atoms with Crippen molar-refractivity contribution < 1.29 is 9.90 Å². The number of carboxylic acid groups (broad SMARTS) is 1. The molecule has 0 saturated carbocycles. The minimum absolute atomic E-state index is 0.509. The Morgan fingerprint density at radius 2 is 2.47 bits per heavy atom. The molecule has 15 heavy (non-hydrogen) atoms. The van der Waals surface area contributed by atoms with Crippen molar-refractivity contribution in [1.29, 1.82) is 0 Å². The highest BCUT2D eigenvalue weighted by Crippen LogP contribution is 2.01. The molecule has 5 N–H and O–H groups in total. The third kappa shape index (κ3) is 4.46. The quantitative estimate of drug-likeness (QED) is 0.490. The molecule has 0 fully saturated rings. The van der Waals surface area contributed by atoms with E-state index in [-0.39, 0.29) is 0 Å². The van der Waals surface area contributed by atoms with Crippen molar-refractivity contribution in [3.05, 3.63) is 12.4 Å². The van der Waals surface area contributed by atoms with E-state index in [9.17, 15) is 4.79 Å². The van der Waals surface area contributed by atoms with Crippen LogP contribution in [0.15, 0.2) is 12.4 Å². The maximum absolute atomic E-state index is 10.4. The van der Waals surface area contributed by atoms with Gasteiger partial charge in [0.2, 0.25) is 0 Å². The van der Waals surface area contributed by atoms with E-state index >= 15 is 0 Å². The van der Waals surface area contributed by atoms with Crippen molar-refractivity contribution in [2.45, 2.75) is 25.3 Å². The standard InChI is InChI=1S/C9H16N4O2/c10-7(8(14)15)3-1-2-4-11-9-12-5-6-13-9/h5-7H,1-4,10H2,(H,14,15)(H2,11,12,13)/t7-/m0/s1. The molecule has 0 spiro atoms. The van der Waals surface area contributed by atoms with E-state index in [4.69, 9.17) is 10.8 Å². The number of nitrogens with one attached hydrogen (secondary N) is 2. The molecule has 1 aromatic rings. The molecule has 0 unspecified atom stereocenters. The number of hydrogen-bond acceptors (Lipinski definition) is 4. The fourth-order valence-corrected chi connectivity index (χ4v) is 1.18. The van der Waals surface area contributed by atoms with Gasteiger partial charge in [0, 0.05) is 18.9 Å². The number of aromatic nitrogens is 2. The summed E-state index contributed by atoms with van der Waals surface area (Å²) in [5.74, 6) is -0.202. The predicted molar refractivity (Wildman–Crippen MR) is 56.5 cm³/mol. The molecule has 0 amide bonds. The van der Waals surface area contributed by atoms with Crippen LogP contribution in [0.25, 0.3) is 0 Å². The maximum atomic E-state index is 10.4. The topological polar surface area (TPSA) is 104 Å². The van der Waals surface area contributed by atoms with Crippen LogP contribution in [0.2, 0.25) is 0 Å². The van der Waals surface area contributed by atoms with Crippen LogP contribution >= 0.6 is 0 Å². The minimum Gasteiger partial charge on any atom is -0.480 e. The first kappa shape index (κ1) is 11.5. The number of carboxylic acids is 1. The number of aliphatic carboxylic acids is 1. The summed E-state index contributed by atoms with van der Waals surface area (Å²) >= 11 is 0. The Labute approximate surface area is 87.9 Å². The lowest BCUT2D eigenvalue weighted by molar-refractivity contribution is -0.138. The van der Waals surface area contributed by atoms with Gasteiger partial charge in [-0.05, 0) is 19.3 Å². The summed E-state index contributed by atoms with van der Waals surface area (Å²) in [5, 5.41) is 11.6. The Morgan fingerprint density at radius 1 is 1.67 bits per heavy atom. The molecule has 0 aliphatic carbocycles. The molecule has 1 rings (SSSR count). The first-order chi connectivity index (χ1) is 7.20. The van der Waals surface area contributed by atoms with E-state index in [2.05, 4.69) is 15.3 Å². The Bertz CT molecular complexity index is 286. The van der Waals surface area contributed by atoms with Crippen LogP contribution in [0.5, 0.6) is 0 Å². The van der Waals surface area contributed by atoms with Gasteiger partial charge in [-0.25, -0.2) is 4.98 Å². The maximum Gasteiger partial charge on any atom is 0.320 e. The molecule has 6 nitrogen and oxygen atoms in total. The van der Waals surface area contributed by atoms with Crippen LogP contribution in [0, 0.1) is 0 Å². The third-order valence-electron chi connectivity index (χ3n) is 2.05. The van der Waals surface area contributed by atoms with Gasteiger partial charge in [-0.2, -0.15) is 0 Å². The summed E-state index contributed by atoms with van der Waals surface area (Å²) in [6, 6.07) is -0.742. The lowest BCUT2D eigenvalue weighted by Crippen LogP contribution is -2.29. The molecule has 0 saturated heterocycles. The first-order valence-corrected chi connectivity index (χ1v) is 4.92. The van der Waals surface area contributed by atoms with Gasteiger partial charge in [-0.3, -0.25) is 4.79 Å². The molecule has 1 atom stereocenters. The number of imidazole rings is 1. The normalized spacial score (nSPS) is 12.3. The van der Waals surface area contributed by atoms with Crippen LogP contribution in [-0.4, -0.2) is 33.6 Å². The van der Waals surface area contributed by atoms with Crippen molar-refractivity contribution >= 4 is 11.9 Å². The van der Waals surface area contributed by atoms with E-state index < -0.39 is 12.0 Å². The summed E-state index contributed by atoms with van der Waals surface area (Å²) in [6.45, 7) is 0.764. The number of rotatable bonds is 7. The van der Waals surface area contributed by atoms with Gasteiger partial charge in [-0.1, -0.05) is 0 Å². The minimum atomic E-state index is -0.936. The number of H-pyrrole nitrogens is 1. The van der Waals surface area contributed by atoms with E-state index in [1.807, 2.05) is 0 Å². The van der Waals surface area contributed by atoms with Crippen LogP contribution in [-0.2, 0) is 4.79 Å². The zero-order chi connectivity index (χ0) is 11.1. The summed E-state index contributed by atoms with van der Waals surface area (Å²) in [7, 11) is 0. The average Bonchev–Trinajstić information content (AvgIpc) is 2.69. The Balaban J connectivity index is 2.00. The third-order valence-corrected chi connectivity index (χ3v) is 2.05. The van der Waals surface area contributed by atoms with E-state index in [1.165, 1.54) is 0 Å². The summed E-state index contributed by atoms with van der Waals surface area (Å²) in [5.41, 5.74) is 5.35. The Kier molecular flexibility index (Phi) is 4.62. The summed E-state index contributed by atoms with van der Waals surface area (Å²) in [4.78, 5) is 17.3. The van der Waals surface area contributed by atoms with Gasteiger partial charge in [0.25, 0.3) is 0 Å². The smallest absolute Gasteiger partial charge is 0.320 e. The SMILES string of the molecule is N[C@@H](CCCCNc1ncc[nH]1)C(=O)O. The largest absolute Gasteiger partial charge is 0.480 e. The van der Waals surface area contributed by atoms with E-state index in [1.54, 1.807) is 12.4 Å². The van der Waals surface area contributed by atoms with Gasteiger partial charge in [0.05, 0.1) is 0 Å². The fourth-order valence-electron chi connectivity index (χ4n) is 1.18. The van der Waals surface area contributed by atoms with Crippen LogP contribution in [0.1, 0.15) is 19.3 Å². The van der Waals surface area contributed by atoms with E-state index in [0.29, 0.717) is 6.42 Å². The van der Waals surface area contributed by atoms with Crippen molar-refractivity contribution in [1.82, 2.24) is 9.97 Å². The molecule has 0 radical (unpaired) electrons. The lowest BCUT2D eigenvalue weighted by Gasteiger charge is -2.06. The molecule has 1 aromatic heterocycles. The highest BCUT2D eigenvalue weighted by molar-refractivity contribution is 5.72. The van der Waals surface area contributed by atoms with Gasteiger partial charge < -0.3 is 21.1 Å². The highest BCUT2D eigenvalue weighted by Gasteiger charge is 2.09. The summed E-state index contributed by atoms with van der Waals surface area (Å²) < 4.78 is 0. The molecule has 0 aliphatic heterocycles. The number of nitrogens with zero attached hydrogens (tertiary/aromatic N) is 1. The van der Waals surface area contributed by atoms with Crippen molar-refractivity contribution in [2.24, 2.45) is 5.73 Å². The number of aromatic amines is 1. The number of hydrogen-bond donors (Lipinski definition) is 4. The molecule has 0 aliphatic rings. The monoisotopic (exact) mass is 212 g/mol. The fraction of sp³-hybridized carbons (Fsp3) is 0.556. The van der Waals surface area contributed by atoms with Crippen molar-refractivity contribution in [3.63, 3.8) is 0 Å². The Hall–Kier alpha value is -1.56.